The first-order chi connectivity index (χ1) is 15.9. The number of carbonyl (C=O) groups is 3. The van der Waals surface area contributed by atoms with Crippen LogP contribution in [0.1, 0.15) is 22.8 Å². The summed E-state index contributed by atoms with van der Waals surface area (Å²) in [5.41, 5.74) is 1.57. The first-order valence-electron chi connectivity index (χ1n) is 10.7. The molecule has 170 valence electrons. The van der Waals surface area contributed by atoms with Gasteiger partial charge in [-0.3, -0.25) is 14.4 Å². The lowest BCUT2D eigenvalue weighted by Gasteiger charge is -2.35. The van der Waals surface area contributed by atoms with Crippen molar-refractivity contribution in [2.75, 3.05) is 20.7 Å². The Morgan fingerprint density at radius 3 is 1.97 bits per heavy atom. The minimum absolute atomic E-state index is 0.231. The highest BCUT2D eigenvalue weighted by atomic mass is 16.5. The van der Waals surface area contributed by atoms with E-state index in [-0.39, 0.29) is 13.2 Å². The first-order valence-corrected chi connectivity index (χ1v) is 10.7. The Bertz CT molecular complexity index is 1100. The zero-order valence-corrected chi connectivity index (χ0v) is 19.1. The Balaban J connectivity index is 1.75. The summed E-state index contributed by atoms with van der Waals surface area (Å²) in [7, 11) is 2.89. The van der Waals surface area contributed by atoms with Gasteiger partial charge < -0.3 is 15.0 Å². The van der Waals surface area contributed by atoms with Crippen LogP contribution in [0.25, 0.3) is 11.1 Å². The van der Waals surface area contributed by atoms with Gasteiger partial charge in [-0.25, -0.2) is 0 Å². The van der Waals surface area contributed by atoms with Crippen molar-refractivity contribution in [1.29, 1.82) is 0 Å². The summed E-state index contributed by atoms with van der Waals surface area (Å²) in [5, 5.41) is 2.50. The van der Waals surface area contributed by atoms with Gasteiger partial charge in [0.2, 0.25) is 0 Å². The molecule has 0 fully saturated rings. The van der Waals surface area contributed by atoms with E-state index in [0.29, 0.717) is 5.56 Å². The predicted octanol–water partition coefficient (Wildman–Crippen LogP) is 3.72. The van der Waals surface area contributed by atoms with Crippen LogP contribution in [-0.2, 0) is 20.9 Å². The van der Waals surface area contributed by atoms with E-state index in [0.717, 1.165) is 16.7 Å². The molecular formula is C27H28N2O4. The molecule has 0 spiro atoms. The fourth-order valence-electron chi connectivity index (χ4n) is 3.52. The van der Waals surface area contributed by atoms with Crippen molar-refractivity contribution in [3.8, 4) is 11.1 Å². The maximum absolute atomic E-state index is 13.2. The van der Waals surface area contributed by atoms with E-state index >= 15 is 0 Å². The van der Waals surface area contributed by atoms with Gasteiger partial charge in [0.1, 0.15) is 6.61 Å². The summed E-state index contributed by atoms with van der Waals surface area (Å²) in [6.07, 6.45) is 0. The second kappa shape index (κ2) is 10.7. The van der Waals surface area contributed by atoms with E-state index in [1.165, 1.54) is 25.9 Å². The highest BCUT2D eigenvalue weighted by Gasteiger charge is 2.46. The number of nitrogens with zero attached hydrogens (tertiary/aromatic N) is 1. The van der Waals surface area contributed by atoms with Crippen LogP contribution < -0.4 is 5.32 Å². The lowest BCUT2D eigenvalue weighted by atomic mass is 9.92. The minimum Gasteiger partial charge on any atom is -0.369 e. The molecule has 3 rings (SSSR count). The maximum Gasteiger partial charge on any atom is 0.254 e. The topological polar surface area (TPSA) is 75.7 Å². The molecule has 0 saturated carbocycles. The van der Waals surface area contributed by atoms with Crippen LogP contribution in [0.2, 0.25) is 0 Å². The Labute approximate surface area is 194 Å². The molecular weight excluding hydrogens is 416 g/mol. The molecule has 0 aliphatic carbocycles. The highest BCUT2D eigenvalue weighted by Crippen LogP contribution is 2.23. The van der Waals surface area contributed by atoms with Crippen molar-refractivity contribution in [3.05, 3.63) is 96.1 Å². The van der Waals surface area contributed by atoms with Gasteiger partial charge in [-0.05, 0) is 35.7 Å². The van der Waals surface area contributed by atoms with Gasteiger partial charge in [-0.15, -0.1) is 0 Å². The van der Waals surface area contributed by atoms with Crippen LogP contribution in [0.3, 0.4) is 0 Å². The molecule has 6 heteroatoms. The third-order valence-corrected chi connectivity index (χ3v) is 5.77. The number of benzene rings is 3. The van der Waals surface area contributed by atoms with Crippen LogP contribution in [-0.4, -0.2) is 48.7 Å². The SMILES string of the molecule is CNC(=O)C(C)(C(=O)COCc1ccccc1)N(C)C(=O)c1ccc(-c2ccccc2)cc1. The van der Waals surface area contributed by atoms with Crippen molar-refractivity contribution >= 4 is 17.6 Å². The van der Waals surface area contributed by atoms with Crippen LogP contribution in [0.15, 0.2) is 84.9 Å². The van der Waals surface area contributed by atoms with E-state index < -0.39 is 23.1 Å². The van der Waals surface area contributed by atoms with E-state index in [1.54, 1.807) is 12.1 Å². The Morgan fingerprint density at radius 2 is 1.39 bits per heavy atom. The number of hydrogen-bond acceptors (Lipinski definition) is 4. The first kappa shape index (κ1) is 23.9. The predicted molar refractivity (Wildman–Crippen MR) is 128 cm³/mol. The van der Waals surface area contributed by atoms with Gasteiger partial charge in [0.15, 0.2) is 11.3 Å². The summed E-state index contributed by atoms with van der Waals surface area (Å²) in [4.78, 5) is 40.2. The number of nitrogens with one attached hydrogen (secondary N) is 1. The Kier molecular flexibility index (Phi) is 7.74. The Hall–Kier alpha value is -3.77. The molecule has 0 aliphatic heterocycles. The molecule has 6 nitrogen and oxygen atoms in total. The van der Waals surface area contributed by atoms with Gasteiger partial charge in [0, 0.05) is 19.7 Å². The molecule has 0 bridgehead atoms. The fraction of sp³-hybridized carbons (Fsp3) is 0.222. The van der Waals surface area contributed by atoms with Crippen molar-refractivity contribution < 1.29 is 19.1 Å². The largest absolute Gasteiger partial charge is 0.369 e. The molecule has 0 radical (unpaired) electrons. The van der Waals surface area contributed by atoms with Gasteiger partial charge in [-0.1, -0.05) is 72.8 Å². The smallest absolute Gasteiger partial charge is 0.254 e. The summed E-state index contributed by atoms with van der Waals surface area (Å²) in [6.45, 7) is 1.37. The van der Waals surface area contributed by atoms with Crippen LogP contribution in [0, 0.1) is 0 Å². The number of hydrogen-bond donors (Lipinski definition) is 1. The number of Topliss-reactive ketones (excluding diaryl/α,β-unsaturated/α-hetero) is 1. The third kappa shape index (κ3) is 5.35. The zero-order chi connectivity index (χ0) is 23.8. The third-order valence-electron chi connectivity index (χ3n) is 5.77. The summed E-state index contributed by atoms with van der Waals surface area (Å²) in [5.74, 6) is -1.51. The fourth-order valence-corrected chi connectivity index (χ4v) is 3.52. The van der Waals surface area contributed by atoms with Crippen LogP contribution in [0.4, 0.5) is 0 Å². The van der Waals surface area contributed by atoms with E-state index in [4.69, 9.17) is 4.74 Å². The molecule has 3 aromatic rings. The molecule has 33 heavy (non-hydrogen) atoms. The van der Waals surface area contributed by atoms with Crippen molar-refractivity contribution in [1.82, 2.24) is 10.2 Å². The standard InChI is InChI=1S/C27H28N2O4/c1-27(26(32)28-2,24(30)19-33-18-20-10-6-4-7-11-20)29(3)25(31)23-16-14-22(15-17-23)21-12-8-5-9-13-21/h4-17H,18-19H2,1-3H3,(H,28,32). The van der Waals surface area contributed by atoms with Gasteiger partial charge >= 0.3 is 0 Å². The number of rotatable bonds is 9. The number of ketones is 1. The molecule has 0 heterocycles. The molecule has 0 aliphatic rings. The van der Waals surface area contributed by atoms with E-state index in [1.807, 2.05) is 72.8 Å². The second-order valence-corrected chi connectivity index (χ2v) is 7.86. The average molecular weight is 445 g/mol. The summed E-state index contributed by atoms with van der Waals surface area (Å²) < 4.78 is 5.56. The number of carbonyl (C=O) groups excluding carboxylic acids is 3. The molecule has 0 aromatic heterocycles. The van der Waals surface area contributed by atoms with E-state index in [9.17, 15) is 14.4 Å². The molecule has 1 N–H and O–H groups in total. The second-order valence-electron chi connectivity index (χ2n) is 7.86. The molecule has 1 unspecified atom stereocenters. The van der Waals surface area contributed by atoms with Gasteiger partial charge in [0.25, 0.3) is 11.8 Å². The normalized spacial score (nSPS) is 12.5. The van der Waals surface area contributed by atoms with Gasteiger partial charge in [0.05, 0.1) is 6.61 Å². The van der Waals surface area contributed by atoms with Crippen LogP contribution in [0.5, 0.6) is 0 Å². The lowest BCUT2D eigenvalue weighted by molar-refractivity contribution is -0.144. The molecule has 2 amide bonds. The van der Waals surface area contributed by atoms with E-state index in [2.05, 4.69) is 5.32 Å². The summed E-state index contributed by atoms with van der Waals surface area (Å²) >= 11 is 0. The van der Waals surface area contributed by atoms with Crippen molar-refractivity contribution in [2.24, 2.45) is 0 Å². The number of amides is 2. The zero-order valence-electron chi connectivity index (χ0n) is 19.1. The molecule has 0 saturated heterocycles. The molecule has 1 atom stereocenters. The van der Waals surface area contributed by atoms with Crippen LogP contribution >= 0.6 is 0 Å². The lowest BCUT2D eigenvalue weighted by Crippen LogP contribution is -2.62. The van der Waals surface area contributed by atoms with Crippen molar-refractivity contribution in [3.63, 3.8) is 0 Å². The maximum atomic E-state index is 13.2. The minimum atomic E-state index is -1.72. The van der Waals surface area contributed by atoms with Crippen molar-refractivity contribution in [2.45, 2.75) is 19.1 Å². The number of ether oxygens (including phenoxy) is 1. The Morgan fingerprint density at radius 1 is 0.848 bits per heavy atom. The van der Waals surface area contributed by atoms with Gasteiger partial charge in [-0.2, -0.15) is 0 Å². The monoisotopic (exact) mass is 444 g/mol. The molecule has 3 aromatic carbocycles. The quantitative estimate of drug-likeness (QED) is 0.511. The average Bonchev–Trinajstić information content (AvgIpc) is 2.88. The highest BCUT2D eigenvalue weighted by molar-refractivity contribution is 6.14. The summed E-state index contributed by atoms with van der Waals surface area (Å²) in [6, 6.07) is 26.3. The number of likely N-dealkylation sites (N-methyl/N-ethyl adjacent to an activating group) is 2.